The summed E-state index contributed by atoms with van der Waals surface area (Å²) in [6.07, 6.45) is 3.72. The topological polar surface area (TPSA) is 109 Å². The summed E-state index contributed by atoms with van der Waals surface area (Å²) in [6.45, 7) is 1.22. The van der Waals surface area contributed by atoms with Gasteiger partial charge < -0.3 is 16.0 Å². The van der Waals surface area contributed by atoms with Crippen LogP contribution in [0, 0.1) is 11.6 Å². The first kappa shape index (κ1) is 25.1. The van der Waals surface area contributed by atoms with Crippen molar-refractivity contribution in [2.45, 2.75) is 18.9 Å². The number of nitrogens with one attached hydrogen (secondary N) is 1. The summed E-state index contributed by atoms with van der Waals surface area (Å²) in [7, 11) is -1.90. The number of pyridine rings is 1. The van der Waals surface area contributed by atoms with Gasteiger partial charge in [-0.3, -0.25) is 4.79 Å². The molecule has 0 bridgehead atoms. The van der Waals surface area contributed by atoms with Gasteiger partial charge >= 0.3 is 0 Å². The molecule has 2 aliphatic heterocycles. The predicted octanol–water partition coefficient (Wildman–Crippen LogP) is 3.03. The number of nitrogen functional groups attached to an aromatic ring is 1. The maximum atomic E-state index is 15.3. The third-order valence-corrected chi connectivity index (χ3v) is 8.52. The zero-order chi connectivity index (χ0) is 26.5. The fraction of sp³-hybridized carbons (Fsp3) is 0.308. The van der Waals surface area contributed by atoms with Gasteiger partial charge in [-0.05, 0) is 48.2 Å². The lowest BCUT2D eigenvalue weighted by Gasteiger charge is -2.24. The molecule has 11 heteroatoms. The minimum absolute atomic E-state index is 0.0383. The van der Waals surface area contributed by atoms with E-state index < -0.39 is 21.7 Å². The number of nitrogens with two attached hydrogens (primary N) is 1. The Morgan fingerprint density at radius 1 is 1.08 bits per heavy atom. The fourth-order valence-corrected chi connectivity index (χ4v) is 5.70. The summed E-state index contributed by atoms with van der Waals surface area (Å²) in [5.74, 6) is -1.91. The van der Waals surface area contributed by atoms with Crippen LogP contribution in [0.4, 0.5) is 20.3 Å². The molecule has 0 radical (unpaired) electrons. The smallest absolute Gasteiger partial charge is 0.251 e. The highest BCUT2D eigenvalue weighted by molar-refractivity contribution is 7.88. The second-order valence-corrected chi connectivity index (χ2v) is 11.5. The number of benzene rings is 2. The van der Waals surface area contributed by atoms with Gasteiger partial charge in [-0.25, -0.2) is 26.5 Å². The van der Waals surface area contributed by atoms with Crippen molar-refractivity contribution in [2.75, 3.05) is 43.6 Å². The quantitative estimate of drug-likeness (QED) is 0.528. The predicted molar refractivity (Wildman–Crippen MR) is 139 cm³/mol. The number of carbonyl (C=O) groups excluding carboxylic acids is 1. The standard InChI is InChI=1S/C26H27F2N5O3S/c1-32(37(2,35)36)18-8-10-33(14-18)22-6-5-19(23(27)24(22)28)17-12-21(25(29)31-13-17)15-3-4-20-16(11-15)7-9-30-26(20)34/h3-6,11-13,18H,7-10,14H2,1-2H3,(H2,29,31)(H,30,34)/t18-/m1/s1. The van der Waals surface area contributed by atoms with E-state index in [1.54, 1.807) is 23.1 Å². The minimum Gasteiger partial charge on any atom is -0.383 e. The fourth-order valence-electron chi connectivity index (χ4n) is 4.98. The average molecular weight is 528 g/mol. The molecule has 3 N–H and O–H groups in total. The molecule has 3 heterocycles. The van der Waals surface area contributed by atoms with Gasteiger partial charge in [0.25, 0.3) is 5.91 Å². The molecular formula is C26H27F2N5O3S. The number of sulfonamides is 1. The third-order valence-electron chi connectivity index (χ3n) is 7.17. The van der Waals surface area contributed by atoms with Crippen LogP contribution >= 0.6 is 0 Å². The van der Waals surface area contributed by atoms with Gasteiger partial charge in [-0.15, -0.1) is 0 Å². The van der Waals surface area contributed by atoms with E-state index in [9.17, 15) is 13.2 Å². The highest BCUT2D eigenvalue weighted by atomic mass is 32.2. The van der Waals surface area contributed by atoms with E-state index in [-0.39, 0.29) is 35.6 Å². The Kier molecular flexibility index (Phi) is 6.36. The zero-order valence-corrected chi connectivity index (χ0v) is 21.3. The largest absolute Gasteiger partial charge is 0.383 e. The van der Waals surface area contributed by atoms with Gasteiger partial charge in [-0.2, -0.15) is 0 Å². The van der Waals surface area contributed by atoms with E-state index in [1.165, 1.54) is 29.7 Å². The molecule has 0 spiro atoms. The minimum atomic E-state index is -3.39. The van der Waals surface area contributed by atoms with E-state index >= 15 is 8.78 Å². The maximum absolute atomic E-state index is 15.3. The van der Waals surface area contributed by atoms with Crippen molar-refractivity contribution in [2.24, 2.45) is 0 Å². The number of aromatic nitrogens is 1. The number of fused-ring (bicyclic) bond motifs is 1. The molecule has 1 aromatic heterocycles. The molecule has 0 saturated carbocycles. The molecule has 194 valence electrons. The Hall–Kier alpha value is -3.57. The van der Waals surface area contributed by atoms with Crippen molar-refractivity contribution in [3.05, 3.63) is 65.4 Å². The Bertz CT molecular complexity index is 1510. The highest BCUT2D eigenvalue weighted by Gasteiger charge is 2.32. The first-order valence-corrected chi connectivity index (χ1v) is 13.7. The molecule has 3 aromatic rings. The summed E-state index contributed by atoms with van der Waals surface area (Å²) >= 11 is 0. The van der Waals surface area contributed by atoms with Crippen LogP contribution in [0.1, 0.15) is 22.3 Å². The number of likely N-dealkylation sites (N-methyl/N-ethyl adjacent to an activating group) is 1. The molecule has 8 nitrogen and oxygen atoms in total. The van der Waals surface area contributed by atoms with Crippen molar-refractivity contribution in [3.63, 3.8) is 0 Å². The van der Waals surface area contributed by atoms with Gasteiger partial charge in [0.2, 0.25) is 10.0 Å². The Labute approximate surface area is 214 Å². The maximum Gasteiger partial charge on any atom is 0.251 e. The van der Waals surface area contributed by atoms with Gasteiger partial charge in [0.1, 0.15) is 5.82 Å². The number of hydrogen-bond donors (Lipinski definition) is 2. The molecule has 5 rings (SSSR count). The molecule has 2 aliphatic rings. The number of halogens is 2. The van der Waals surface area contributed by atoms with Crippen LogP contribution in [-0.4, -0.2) is 62.6 Å². The lowest BCUT2D eigenvalue weighted by molar-refractivity contribution is 0.0946. The molecule has 2 aromatic carbocycles. The van der Waals surface area contributed by atoms with Crippen molar-refractivity contribution >= 4 is 27.4 Å². The van der Waals surface area contributed by atoms with E-state index in [0.29, 0.717) is 42.6 Å². The van der Waals surface area contributed by atoms with E-state index in [4.69, 9.17) is 5.73 Å². The van der Waals surface area contributed by atoms with Crippen LogP contribution in [0.5, 0.6) is 0 Å². The van der Waals surface area contributed by atoms with E-state index in [0.717, 1.165) is 17.4 Å². The SMILES string of the molecule is CN([C@@H]1CCN(c2ccc(-c3cnc(N)c(-c4ccc5c(c4)CCNC5=O)c3)c(F)c2F)C1)S(C)(=O)=O. The summed E-state index contributed by atoms with van der Waals surface area (Å²) in [4.78, 5) is 17.9. The molecule has 0 aliphatic carbocycles. The average Bonchev–Trinajstić information content (AvgIpc) is 3.35. The Balaban J connectivity index is 1.45. The monoisotopic (exact) mass is 527 g/mol. The van der Waals surface area contributed by atoms with Gasteiger partial charge in [0.15, 0.2) is 11.6 Å². The molecular weight excluding hydrogens is 500 g/mol. The van der Waals surface area contributed by atoms with Crippen LogP contribution < -0.4 is 16.0 Å². The number of anilines is 2. The molecule has 1 atom stereocenters. The Morgan fingerprint density at radius 3 is 2.59 bits per heavy atom. The number of hydrogen-bond acceptors (Lipinski definition) is 6. The summed E-state index contributed by atoms with van der Waals surface area (Å²) < 4.78 is 55.6. The van der Waals surface area contributed by atoms with Crippen molar-refractivity contribution in [1.82, 2.24) is 14.6 Å². The van der Waals surface area contributed by atoms with Gasteiger partial charge in [0, 0.05) is 61.2 Å². The Morgan fingerprint density at radius 2 is 1.84 bits per heavy atom. The lowest BCUT2D eigenvalue weighted by Crippen LogP contribution is -2.38. The first-order valence-electron chi connectivity index (χ1n) is 11.9. The number of carbonyl (C=O) groups is 1. The second-order valence-electron chi connectivity index (χ2n) is 9.46. The summed E-state index contributed by atoms with van der Waals surface area (Å²) in [5.41, 5.74) is 9.40. The van der Waals surface area contributed by atoms with Crippen LogP contribution in [0.2, 0.25) is 0 Å². The lowest BCUT2D eigenvalue weighted by atomic mass is 9.94. The van der Waals surface area contributed by atoms with E-state index in [2.05, 4.69) is 10.3 Å². The first-order chi connectivity index (χ1) is 17.5. The number of nitrogens with zero attached hydrogens (tertiary/aromatic N) is 3. The van der Waals surface area contributed by atoms with E-state index in [1.807, 2.05) is 6.07 Å². The molecule has 1 fully saturated rings. The van der Waals surface area contributed by atoms with Crippen molar-refractivity contribution < 1.29 is 22.0 Å². The van der Waals surface area contributed by atoms with Crippen LogP contribution in [0.3, 0.4) is 0 Å². The van der Waals surface area contributed by atoms with Crippen LogP contribution in [-0.2, 0) is 16.4 Å². The molecule has 0 unspecified atom stereocenters. The molecule has 37 heavy (non-hydrogen) atoms. The zero-order valence-electron chi connectivity index (χ0n) is 20.5. The highest BCUT2D eigenvalue weighted by Crippen LogP contribution is 2.36. The summed E-state index contributed by atoms with van der Waals surface area (Å²) in [5, 5.41) is 2.80. The van der Waals surface area contributed by atoms with Crippen LogP contribution in [0.25, 0.3) is 22.3 Å². The third kappa shape index (κ3) is 4.64. The number of amides is 1. The van der Waals surface area contributed by atoms with Crippen molar-refractivity contribution in [3.8, 4) is 22.3 Å². The van der Waals surface area contributed by atoms with Crippen LogP contribution in [0.15, 0.2) is 42.6 Å². The van der Waals surface area contributed by atoms with Crippen molar-refractivity contribution in [1.29, 1.82) is 0 Å². The second kappa shape index (κ2) is 9.38. The van der Waals surface area contributed by atoms with Gasteiger partial charge in [0.05, 0.1) is 11.9 Å². The summed E-state index contributed by atoms with van der Waals surface area (Å²) in [6, 6.07) is 9.71. The molecule has 1 amide bonds. The number of rotatable bonds is 5. The normalized spacial score (nSPS) is 17.7. The van der Waals surface area contributed by atoms with Gasteiger partial charge in [-0.1, -0.05) is 12.1 Å². The molecule has 1 saturated heterocycles.